The lowest BCUT2D eigenvalue weighted by molar-refractivity contribution is -0.149. The minimum atomic E-state index is -0.863. The largest absolute Gasteiger partial charge is 0.469 e. The van der Waals surface area contributed by atoms with Crippen molar-refractivity contribution in [3.63, 3.8) is 0 Å². The molecule has 2 atom stereocenters. The molecule has 0 saturated heterocycles. The molecule has 2 N–H and O–H groups in total. The van der Waals surface area contributed by atoms with Crippen LogP contribution in [0.4, 0.5) is 0 Å². The van der Waals surface area contributed by atoms with Gasteiger partial charge in [-0.25, -0.2) is 0 Å². The van der Waals surface area contributed by atoms with Crippen molar-refractivity contribution < 1.29 is 18.7 Å². The molecule has 0 fully saturated rings. The summed E-state index contributed by atoms with van der Waals surface area (Å²) in [5.41, 5.74) is 6.13. The van der Waals surface area contributed by atoms with Gasteiger partial charge in [-0.1, -0.05) is 0 Å². The number of esters is 1. The van der Waals surface area contributed by atoms with E-state index in [-0.39, 0.29) is 11.7 Å². The van der Waals surface area contributed by atoms with Crippen LogP contribution in [0.2, 0.25) is 0 Å². The Morgan fingerprint density at radius 1 is 1.59 bits per heavy atom. The minimum absolute atomic E-state index is 0.331. The number of rotatable bonds is 2. The maximum absolute atomic E-state index is 11.8. The number of ether oxygens (including phenoxy) is 1. The molecule has 1 aliphatic carbocycles. The first-order valence-corrected chi connectivity index (χ1v) is 5.24. The molecule has 2 unspecified atom stereocenters. The molecule has 0 amide bonds. The number of ketones is 1. The monoisotopic (exact) mass is 235 g/mol. The highest BCUT2D eigenvalue weighted by Gasteiger charge is 2.40. The fourth-order valence-electron chi connectivity index (χ4n) is 2.08. The van der Waals surface area contributed by atoms with Crippen LogP contribution in [0.25, 0.3) is 0 Å². The van der Waals surface area contributed by atoms with E-state index in [1.807, 2.05) is 0 Å². The molecule has 1 aromatic rings. The molecule has 1 aromatic heterocycles. The van der Waals surface area contributed by atoms with Crippen molar-refractivity contribution in [1.82, 2.24) is 0 Å². The second-order valence-electron chi connectivity index (χ2n) is 3.95. The summed E-state index contributed by atoms with van der Waals surface area (Å²) in [5, 5.41) is 0. The van der Waals surface area contributed by atoms with Crippen LogP contribution < -0.4 is 5.73 Å². The van der Waals surface area contributed by atoms with Gasteiger partial charge in [-0.2, -0.15) is 0 Å². The van der Waals surface area contributed by atoms with Crippen LogP contribution in [0.3, 0.4) is 0 Å². The normalized spacial score (nSPS) is 24.3. The van der Waals surface area contributed by atoms with Gasteiger partial charge in [0.1, 0.15) is 11.7 Å². The SMILES string of the molecule is COC(=O)C1C(=O)C=C(N)CC1c1ccco1. The van der Waals surface area contributed by atoms with E-state index in [2.05, 4.69) is 4.74 Å². The Labute approximate surface area is 98.2 Å². The van der Waals surface area contributed by atoms with Crippen molar-refractivity contribution in [2.75, 3.05) is 7.11 Å². The zero-order valence-corrected chi connectivity index (χ0v) is 9.38. The van der Waals surface area contributed by atoms with E-state index in [4.69, 9.17) is 10.2 Å². The van der Waals surface area contributed by atoms with E-state index in [0.717, 1.165) is 0 Å². The van der Waals surface area contributed by atoms with Crippen molar-refractivity contribution in [3.05, 3.63) is 35.9 Å². The van der Waals surface area contributed by atoms with Crippen LogP contribution in [0.15, 0.2) is 34.6 Å². The van der Waals surface area contributed by atoms with Gasteiger partial charge in [-0.05, 0) is 18.6 Å². The zero-order chi connectivity index (χ0) is 12.4. The molecule has 5 nitrogen and oxygen atoms in total. The Hall–Kier alpha value is -2.04. The lowest BCUT2D eigenvalue weighted by Gasteiger charge is -2.25. The summed E-state index contributed by atoms with van der Waals surface area (Å²) >= 11 is 0. The van der Waals surface area contributed by atoms with Crippen molar-refractivity contribution in [1.29, 1.82) is 0 Å². The average molecular weight is 235 g/mol. The predicted octanol–water partition coefficient (Wildman–Crippen LogP) is 0.968. The molecule has 0 bridgehead atoms. The van der Waals surface area contributed by atoms with Gasteiger partial charge in [0.05, 0.1) is 13.4 Å². The molecule has 17 heavy (non-hydrogen) atoms. The topological polar surface area (TPSA) is 82.5 Å². The van der Waals surface area contributed by atoms with Crippen LogP contribution in [-0.4, -0.2) is 18.9 Å². The average Bonchev–Trinajstić information content (AvgIpc) is 2.80. The summed E-state index contributed by atoms with van der Waals surface area (Å²) in [6, 6.07) is 3.44. The highest BCUT2D eigenvalue weighted by atomic mass is 16.5. The summed E-state index contributed by atoms with van der Waals surface area (Å²) in [7, 11) is 1.26. The lowest BCUT2D eigenvalue weighted by Crippen LogP contribution is -2.34. The van der Waals surface area contributed by atoms with Crippen molar-refractivity contribution >= 4 is 11.8 Å². The number of furan rings is 1. The Morgan fingerprint density at radius 2 is 2.35 bits per heavy atom. The van der Waals surface area contributed by atoms with Gasteiger partial charge in [0.25, 0.3) is 0 Å². The quantitative estimate of drug-likeness (QED) is 0.610. The standard InChI is InChI=1S/C12H13NO4/c1-16-12(15)11-8(10-3-2-4-17-10)5-7(13)6-9(11)14/h2-4,6,8,11H,5,13H2,1H3. The van der Waals surface area contributed by atoms with Crippen molar-refractivity contribution in [2.24, 2.45) is 11.7 Å². The first-order chi connectivity index (χ1) is 8.13. The van der Waals surface area contributed by atoms with Crippen LogP contribution in [-0.2, 0) is 14.3 Å². The highest BCUT2D eigenvalue weighted by Crippen LogP contribution is 2.35. The Balaban J connectivity index is 2.37. The van der Waals surface area contributed by atoms with Crippen LogP contribution in [0.1, 0.15) is 18.1 Å². The molecule has 0 aliphatic heterocycles. The lowest BCUT2D eigenvalue weighted by atomic mass is 9.79. The van der Waals surface area contributed by atoms with E-state index in [1.165, 1.54) is 19.4 Å². The van der Waals surface area contributed by atoms with Gasteiger partial charge < -0.3 is 14.9 Å². The van der Waals surface area contributed by atoms with E-state index in [9.17, 15) is 9.59 Å². The number of hydrogen-bond donors (Lipinski definition) is 1. The number of hydrogen-bond acceptors (Lipinski definition) is 5. The summed E-state index contributed by atoms with van der Waals surface area (Å²) in [4.78, 5) is 23.4. The zero-order valence-electron chi connectivity index (χ0n) is 9.38. The molecule has 0 radical (unpaired) electrons. The maximum atomic E-state index is 11.8. The Morgan fingerprint density at radius 3 is 2.94 bits per heavy atom. The van der Waals surface area contributed by atoms with E-state index in [1.54, 1.807) is 12.1 Å². The second kappa shape index (κ2) is 4.45. The number of carbonyl (C=O) groups excluding carboxylic acids is 2. The third kappa shape index (κ3) is 2.08. The number of nitrogens with two attached hydrogens (primary N) is 1. The first-order valence-electron chi connectivity index (χ1n) is 5.24. The molecule has 1 heterocycles. The smallest absolute Gasteiger partial charge is 0.317 e. The fraction of sp³-hybridized carbons (Fsp3) is 0.333. The summed E-state index contributed by atoms with van der Waals surface area (Å²) in [6.45, 7) is 0. The third-order valence-electron chi connectivity index (χ3n) is 2.86. The maximum Gasteiger partial charge on any atom is 0.317 e. The van der Waals surface area contributed by atoms with Crippen LogP contribution in [0.5, 0.6) is 0 Å². The van der Waals surface area contributed by atoms with Gasteiger partial charge in [-0.15, -0.1) is 0 Å². The van der Waals surface area contributed by atoms with Gasteiger partial charge in [-0.3, -0.25) is 9.59 Å². The van der Waals surface area contributed by atoms with E-state index < -0.39 is 11.9 Å². The van der Waals surface area contributed by atoms with Crippen molar-refractivity contribution in [2.45, 2.75) is 12.3 Å². The number of allylic oxidation sites excluding steroid dienone is 2. The predicted molar refractivity (Wildman–Crippen MR) is 58.8 cm³/mol. The highest BCUT2D eigenvalue weighted by molar-refractivity contribution is 6.06. The van der Waals surface area contributed by atoms with E-state index in [0.29, 0.717) is 17.9 Å². The number of methoxy groups -OCH3 is 1. The second-order valence-corrected chi connectivity index (χ2v) is 3.95. The van der Waals surface area contributed by atoms with Crippen molar-refractivity contribution in [3.8, 4) is 0 Å². The molecular formula is C12H13NO4. The van der Waals surface area contributed by atoms with E-state index >= 15 is 0 Å². The molecule has 1 aliphatic rings. The Kier molecular flexibility index (Phi) is 2.99. The summed E-state index contributed by atoms with van der Waals surface area (Å²) in [5.74, 6) is -1.56. The van der Waals surface area contributed by atoms with Gasteiger partial charge in [0.2, 0.25) is 0 Å². The third-order valence-corrected chi connectivity index (χ3v) is 2.86. The molecule has 0 spiro atoms. The first kappa shape index (κ1) is 11.4. The van der Waals surface area contributed by atoms with Gasteiger partial charge in [0, 0.05) is 17.7 Å². The van der Waals surface area contributed by atoms with Crippen LogP contribution >= 0.6 is 0 Å². The molecule has 0 saturated carbocycles. The molecule has 5 heteroatoms. The van der Waals surface area contributed by atoms with Gasteiger partial charge >= 0.3 is 5.97 Å². The molecule has 2 rings (SSSR count). The fourth-order valence-corrected chi connectivity index (χ4v) is 2.08. The van der Waals surface area contributed by atoms with Gasteiger partial charge in [0.15, 0.2) is 5.78 Å². The summed E-state index contributed by atoms with van der Waals surface area (Å²) in [6.07, 6.45) is 3.21. The summed E-state index contributed by atoms with van der Waals surface area (Å²) < 4.78 is 9.90. The molecule has 0 aromatic carbocycles. The minimum Gasteiger partial charge on any atom is -0.469 e. The molecular weight excluding hydrogens is 222 g/mol. The molecule has 90 valence electrons. The van der Waals surface area contributed by atoms with Crippen LogP contribution in [0, 0.1) is 5.92 Å². The Bertz CT molecular complexity index is 461. The number of carbonyl (C=O) groups is 2.